The molecule has 1 aliphatic heterocycles. The van der Waals surface area contributed by atoms with Crippen LogP contribution in [0.1, 0.15) is 12.8 Å². The van der Waals surface area contributed by atoms with Crippen molar-refractivity contribution < 1.29 is 13.3 Å². The van der Waals surface area contributed by atoms with Crippen LogP contribution in [0.5, 0.6) is 0 Å². The predicted octanol–water partition coefficient (Wildman–Crippen LogP) is 2.06. The normalized spacial score (nSPS) is 18.0. The van der Waals surface area contributed by atoms with Crippen LogP contribution < -0.4 is 10.0 Å². The Bertz CT molecular complexity index is 635. The van der Waals surface area contributed by atoms with Crippen LogP contribution in [0.15, 0.2) is 27.6 Å². The van der Waals surface area contributed by atoms with Gasteiger partial charge in [-0.1, -0.05) is 15.9 Å². The number of hydrogen-bond donors (Lipinski definition) is 2. The van der Waals surface area contributed by atoms with E-state index in [1.807, 2.05) is 0 Å². The Morgan fingerprint density at radius 1 is 1.45 bits per heavy atom. The lowest BCUT2D eigenvalue weighted by atomic mass is 10.1. The second-order valence-corrected chi connectivity index (χ2v) is 7.57. The molecule has 1 heterocycles. The van der Waals surface area contributed by atoms with E-state index in [0.717, 1.165) is 25.9 Å². The average Bonchev–Trinajstić information content (AvgIpc) is 2.91. The zero-order valence-electron chi connectivity index (χ0n) is 11.6. The molecule has 1 aromatic carbocycles. The summed E-state index contributed by atoms with van der Waals surface area (Å²) >= 11 is 3.10. The summed E-state index contributed by atoms with van der Waals surface area (Å²) in [6.45, 7) is 2.12. The Balaban J connectivity index is 0.00000242. The topological polar surface area (TPSA) is 101 Å². The number of nitrogens with one attached hydrogen (secondary N) is 2. The largest absolute Gasteiger partial charge is 0.316 e. The first-order valence-electron chi connectivity index (χ1n) is 6.54. The van der Waals surface area contributed by atoms with Gasteiger partial charge in [0, 0.05) is 17.1 Å². The standard InChI is InChI=1S/C12H16BrN3O4S.ClH/c13-10-1-2-12(11(7-10)16(17)18)21(19,20)15-6-4-9-3-5-14-8-9;/h1-2,7,9,14-15H,3-6,8H2;1H. The molecule has 2 rings (SSSR count). The molecular formula is C12H17BrClN3O4S. The summed E-state index contributed by atoms with van der Waals surface area (Å²) in [5, 5.41) is 14.2. The molecule has 22 heavy (non-hydrogen) atoms. The van der Waals surface area contributed by atoms with Crippen molar-refractivity contribution in [2.75, 3.05) is 19.6 Å². The van der Waals surface area contributed by atoms with E-state index in [0.29, 0.717) is 10.4 Å². The molecule has 124 valence electrons. The van der Waals surface area contributed by atoms with E-state index in [9.17, 15) is 18.5 Å². The molecule has 0 radical (unpaired) electrons. The van der Waals surface area contributed by atoms with Crippen molar-refractivity contribution in [1.82, 2.24) is 10.0 Å². The number of benzene rings is 1. The first-order chi connectivity index (χ1) is 9.90. The van der Waals surface area contributed by atoms with Crippen LogP contribution in [0.3, 0.4) is 0 Å². The van der Waals surface area contributed by atoms with E-state index in [2.05, 4.69) is 26.0 Å². The Hall–Kier alpha value is -0.740. The minimum Gasteiger partial charge on any atom is -0.316 e. The van der Waals surface area contributed by atoms with Crippen molar-refractivity contribution in [2.24, 2.45) is 5.92 Å². The Labute approximate surface area is 143 Å². The third-order valence-corrected chi connectivity index (χ3v) is 5.42. The molecule has 10 heteroatoms. The number of nitro groups is 1. The highest BCUT2D eigenvalue weighted by Gasteiger charge is 2.26. The maximum Gasteiger partial charge on any atom is 0.290 e. The minimum absolute atomic E-state index is 0. The number of halogens is 2. The van der Waals surface area contributed by atoms with Crippen LogP contribution in [-0.4, -0.2) is 33.0 Å². The predicted molar refractivity (Wildman–Crippen MR) is 88.8 cm³/mol. The smallest absolute Gasteiger partial charge is 0.290 e. The number of nitrogens with zero attached hydrogens (tertiary/aromatic N) is 1. The van der Waals surface area contributed by atoms with Gasteiger partial charge >= 0.3 is 0 Å². The van der Waals surface area contributed by atoms with E-state index in [-0.39, 0.29) is 23.8 Å². The lowest BCUT2D eigenvalue weighted by Crippen LogP contribution is -2.27. The molecular weight excluding hydrogens is 398 g/mol. The van der Waals surface area contributed by atoms with Crippen LogP contribution in [0, 0.1) is 16.0 Å². The first kappa shape index (κ1) is 19.3. The highest BCUT2D eigenvalue weighted by molar-refractivity contribution is 9.10. The van der Waals surface area contributed by atoms with Crippen molar-refractivity contribution in [3.05, 3.63) is 32.8 Å². The van der Waals surface area contributed by atoms with Crippen LogP contribution in [0.25, 0.3) is 0 Å². The molecule has 0 amide bonds. The van der Waals surface area contributed by atoms with Gasteiger partial charge in [-0.25, -0.2) is 13.1 Å². The van der Waals surface area contributed by atoms with Gasteiger partial charge in [0.05, 0.1) is 4.92 Å². The van der Waals surface area contributed by atoms with Gasteiger partial charge in [-0.3, -0.25) is 10.1 Å². The molecule has 1 atom stereocenters. The molecule has 1 saturated heterocycles. The molecule has 1 aromatic rings. The van der Waals surface area contributed by atoms with Gasteiger partial charge in [0.2, 0.25) is 10.0 Å². The van der Waals surface area contributed by atoms with Crippen LogP contribution >= 0.6 is 28.3 Å². The monoisotopic (exact) mass is 413 g/mol. The summed E-state index contributed by atoms with van der Waals surface area (Å²) < 4.78 is 27.3. The van der Waals surface area contributed by atoms with Crippen molar-refractivity contribution in [3.8, 4) is 0 Å². The Morgan fingerprint density at radius 3 is 2.77 bits per heavy atom. The van der Waals surface area contributed by atoms with Crippen LogP contribution in [0.4, 0.5) is 5.69 Å². The van der Waals surface area contributed by atoms with Crippen LogP contribution in [-0.2, 0) is 10.0 Å². The maximum absolute atomic E-state index is 12.2. The maximum atomic E-state index is 12.2. The Morgan fingerprint density at radius 2 is 2.18 bits per heavy atom. The molecule has 1 fully saturated rings. The van der Waals surface area contributed by atoms with Gasteiger partial charge in [0.1, 0.15) is 0 Å². The van der Waals surface area contributed by atoms with Crippen molar-refractivity contribution in [1.29, 1.82) is 0 Å². The summed E-state index contributed by atoms with van der Waals surface area (Å²) in [5.41, 5.74) is -0.431. The van der Waals surface area contributed by atoms with E-state index < -0.39 is 20.6 Å². The molecule has 0 aromatic heterocycles. The lowest BCUT2D eigenvalue weighted by Gasteiger charge is -2.10. The SMILES string of the molecule is Cl.O=[N+]([O-])c1cc(Br)ccc1S(=O)(=O)NCCC1CCNC1. The summed E-state index contributed by atoms with van der Waals surface area (Å²) in [6.07, 6.45) is 1.75. The quantitative estimate of drug-likeness (QED) is 0.548. The second kappa shape index (κ2) is 8.21. The van der Waals surface area contributed by atoms with Gasteiger partial charge < -0.3 is 5.32 Å². The van der Waals surface area contributed by atoms with E-state index in [1.165, 1.54) is 18.2 Å². The zero-order chi connectivity index (χ0) is 15.5. The highest BCUT2D eigenvalue weighted by atomic mass is 79.9. The number of rotatable bonds is 6. The fraction of sp³-hybridized carbons (Fsp3) is 0.500. The molecule has 1 aliphatic rings. The van der Waals surface area contributed by atoms with E-state index in [1.54, 1.807) is 0 Å². The molecule has 0 bridgehead atoms. The number of hydrogen-bond acceptors (Lipinski definition) is 5. The molecule has 0 saturated carbocycles. The van der Waals surface area contributed by atoms with Crippen molar-refractivity contribution >= 4 is 44.0 Å². The third kappa shape index (κ3) is 4.88. The number of nitro benzene ring substituents is 1. The highest BCUT2D eigenvalue weighted by Crippen LogP contribution is 2.27. The fourth-order valence-corrected chi connectivity index (χ4v) is 3.84. The first-order valence-corrected chi connectivity index (χ1v) is 8.82. The average molecular weight is 415 g/mol. The van der Waals surface area contributed by atoms with Gasteiger partial charge in [0.25, 0.3) is 5.69 Å². The van der Waals surface area contributed by atoms with Gasteiger partial charge in [-0.05, 0) is 44.0 Å². The molecule has 0 spiro atoms. The number of sulfonamides is 1. The van der Waals surface area contributed by atoms with Crippen LogP contribution in [0.2, 0.25) is 0 Å². The van der Waals surface area contributed by atoms with Gasteiger partial charge in [-0.2, -0.15) is 0 Å². The third-order valence-electron chi connectivity index (χ3n) is 3.41. The summed E-state index contributed by atoms with van der Waals surface area (Å²) in [6, 6.07) is 3.90. The molecule has 0 aliphatic carbocycles. The summed E-state index contributed by atoms with van der Waals surface area (Å²) in [7, 11) is -3.88. The van der Waals surface area contributed by atoms with Gasteiger partial charge in [-0.15, -0.1) is 12.4 Å². The zero-order valence-corrected chi connectivity index (χ0v) is 14.8. The van der Waals surface area contributed by atoms with Crippen molar-refractivity contribution in [2.45, 2.75) is 17.7 Å². The minimum atomic E-state index is -3.88. The second-order valence-electron chi connectivity index (χ2n) is 4.91. The summed E-state index contributed by atoms with van der Waals surface area (Å²) in [5.74, 6) is 0.451. The Kier molecular flexibility index (Phi) is 7.20. The molecule has 7 nitrogen and oxygen atoms in total. The molecule has 1 unspecified atom stereocenters. The van der Waals surface area contributed by atoms with E-state index >= 15 is 0 Å². The lowest BCUT2D eigenvalue weighted by molar-refractivity contribution is -0.387. The van der Waals surface area contributed by atoms with E-state index in [4.69, 9.17) is 0 Å². The van der Waals surface area contributed by atoms with Crippen molar-refractivity contribution in [3.63, 3.8) is 0 Å². The fourth-order valence-electron chi connectivity index (χ4n) is 2.30. The molecule has 2 N–H and O–H groups in total. The van der Waals surface area contributed by atoms with Gasteiger partial charge in [0.15, 0.2) is 4.90 Å². The summed E-state index contributed by atoms with van der Waals surface area (Å²) in [4.78, 5) is 9.99.